The SMILES string of the molecule is CC1CSCC1NC(=O)N1CCCC(C(=O)O)C1. The van der Waals surface area contributed by atoms with E-state index < -0.39 is 11.9 Å². The number of carbonyl (C=O) groups excluding carboxylic acids is 1. The summed E-state index contributed by atoms with van der Waals surface area (Å²) in [6.07, 6.45) is 1.45. The fourth-order valence-electron chi connectivity index (χ4n) is 2.46. The average molecular weight is 272 g/mol. The van der Waals surface area contributed by atoms with E-state index in [-0.39, 0.29) is 12.1 Å². The predicted octanol–water partition coefficient (Wildman–Crippen LogP) is 1.24. The van der Waals surface area contributed by atoms with Crippen LogP contribution in [0.1, 0.15) is 19.8 Å². The van der Waals surface area contributed by atoms with Crippen molar-refractivity contribution in [2.45, 2.75) is 25.8 Å². The summed E-state index contributed by atoms with van der Waals surface area (Å²) in [5.74, 6) is 1.35. The molecule has 0 aromatic carbocycles. The highest BCUT2D eigenvalue weighted by atomic mass is 32.2. The molecule has 2 heterocycles. The number of piperidine rings is 1. The number of likely N-dealkylation sites (tertiary alicyclic amines) is 1. The fourth-order valence-corrected chi connectivity index (χ4v) is 3.86. The molecule has 2 amide bonds. The maximum absolute atomic E-state index is 12.1. The monoisotopic (exact) mass is 272 g/mol. The van der Waals surface area contributed by atoms with Crippen LogP contribution in [-0.2, 0) is 4.79 Å². The first-order valence-electron chi connectivity index (χ1n) is 6.44. The Morgan fingerprint density at radius 1 is 1.39 bits per heavy atom. The Morgan fingerprint density at radius 2 is 2.17 bits per heavy atom. The summed E-state index contributed by atoms with van der Waals surface area (Å²) in [6, 6.07) is 0.132. The summed E-state index contributed by atoms with van der Waals surface area (Å²) in [5.41, 5.74) is 0. The van der Waals surface area contributed by atoms with E-state index >= 15 is 0 Å². The first-order chi connectivity index (χ1) is 8.58. The van der Waals surface area contributed by atoms with Gasteiger partial charge in [0.05, 0.1) is 5.92 Å². The van der Waals surface area contributed by atoms with E-state index in [1.807, 2.05) is 11.8 Å². The van der Waals surface area contributed by atoms with Crippen molar-refractivity contribution in [2.24, 2.45) is 11.8 Å². The van der Waals surface area contributed by atoms with Crippen LogP contribution < -0.4 is 5.32 Å². The number of carbonyl (C=O) groups is 2. The Labute approximate surface area is 111 Å². The van der Waals surface area contributed by atoms with Gasteiger partial charge in [0.1, 0.15) is 0 Å². The number of urea groups is 1. The molecule has 2 rings (SSSR count). The van der Waals surface area contributed by atoms with Crippen LogP contribution in [0.3, 0.4) is 0 Å². The minimum Gasteiger partial charge on any atom is -0.481 e. The van der Waals surface area contributed by atoms with E-state index in [1.54, 1.807) is 4.90 Å². The number of hydrogen-bond acceptors (Lipinski definition) is 3. The number of carboxylic acids is 1. The smallest absolute Gasteiger partial charge is 0.317 e. The Kier molecular flexibility index (Phi) is 4.37. The second kappa shape index (κ2) is 5.82. The Balaban J connectivity index is 1.86. The molecule has 2 saturated heterocycles. The molecule has 0 saturated carbocycles. The summed E-state index contributed by atoms with van der Waals surface area (Å²) < 4.78 is 0. The third kappa shape index (κ3) is 3.10. The van der Waals surface area contributed by atoms with E-state index in [0.29, 0.717) is 25.4 Å². The predicted molar refractivity (Wildman–Crippen MR) is 70.7 cm³/mol. The van der Waals surface area contributed by atoms with E-state index in [0.717, 1.165) is 17.9 Å². The highest BCUT2D eigenvalue weighted by molar-refractivity contribution is 7.99. The highest BCUT2D eigenvalue weighted by Gasteiger charge is 2.31. The van der Waals surface area contributed by atoms with Crippen molar-refractivity contribution in [2.75, 3.05) is 24.6 Å². The summed E-state index contributed by atoms with van der Waals surface area (Å²) in [6.45, 7) is 3.15. The van der Waals surface area contributed by atoms with Crippen LogP contribution in [0, 0.1) is 11.8 Å². The molecule has 2 fully saturated rings. The van der Waals surface area contributed by atoms with E-state index in [9.17, 15) is 9.59 Å². The van der Waals surface area contributed by atoms with Gasteiger partial charge in [0.2, 0.25) is 0 Å². The zero-order valence-electron chi connectivity index (χ0n) is 10.6. The second-order valence-corrected chi connectivity index (χ2v) is 6.27. The topological polar surface area (TPSA) is 69.6 Å². The third-order valence-corrected chi connectivity index (χ3v) is 5.09. The molecule has 0 aromatic heterocycles. The Bertz CT molecular complexity index is 337. The molecular formula is C12H20N2O3S. The van der Waals surface area contributed by atoms with E-state index in [1.165, 1.54) is 0 Å². The minimum atomic E-state index is -0.794. The third-order valence-electron chi connectivity index (χ3n) is 3.73. The number of nitrogens with zero attached hydrogens (tertiary/aromatic N) is 1. The molecule has 0 bridgehead atoms. The van der Waals surface area contributed by atoms with Crippen LogP contribution in [0.15, 0.2) is 0 Å². The molecule has 2 N–H and O–H groups in total. The zero-order valence-corrected chi connectivity index (χ0v) is 11.4. The van der Waals surface area contributed by atoms with Gasteiger partial charge in [0.15, 0.2) is 0 Å². The number of carboxylic acid groups (broad SMARTS) is 1. The zero-order chi connectivity index (χ0) is 13.1. The lowest BCUT2D eigenvalue weighted by Crippen LogP contribution is -2.51. The number of hydrogen-bond donors (Lipinski definition) is 2. The maximum atomic E-state index is 12.1. The van der Waals surface area contributed by atoms with Crippen molar-refractivity contribution >= 4 is 23.8 Å². The van der Waals surface area contributed by atoms with Crippen molar-refractivity contribution in [1.29, 1.82) is 0 Å². The number of amides is 2. The number of aliphatic carboxylic acids is 1. The summed E-state index contributed by atoms with van der Waals surface area (Å²) >= 11 is 1.86. The van der Waals surface area contributed by atoms with Crippen LogP contribution in [0.2, 0.25) is 0 Å². The van der Waals surface area contributed by atoms with Gasteiger partial charge in [-0.1, -0.05) is 6.92 Å². The molecule has 0 aromatic rings. The van der Waals surface area contributed by atoms with Gasteiger partial charge in [-0.05, 0) is 24.5 Å². The van der Waals surface area contributed by atoms with Gasteiger partial charge >= 0.3 is 12.0 Å². The van der Waals surface area contributed by atoms with Gasteiger partial charge in [-0.2, -0.15) is 11.8 Å². The highest BCUT2D eigenvalue weighted by Crippen LogP contribution is 2.24. The van der Waals surface area contributed by atoms with Crippen molar-refractivity contribution in [1.82, 2.24) is 10.2 Å². The molecule has 102 valence electrons. The molecule has 0 radical (unpaired) electrons. The lowest BCUT2D eigenvalue weighted by molar-refractivity contribution is -0.143. The Hall–Kier alpha value is -0.910. The largest absolute Gasteiger partial charge is 0.481 e. The minimum absolute atomic E-state index is 0.0969. The van der Waals surface area contributed by atoms with Gasteiger partial charge in [-0.25, -0.2) is 4.79 Å². The van der Waals surface area contributed by atoms with Crippen LogP contribution in [0.25, 0.3) is 0 Å². The van der Waals surface area contributed by atoms with Crippen LogP contribution in [0.4, 0.5) is 4.79 Å². The molecule has 2 aliphatic heterocycles. The van der Waals surface area contributed by atoms with Crippen molar-refractivity contribution in [3.05, 3.63) is 0 Å². The van der Waals surface area contributed by atoms with Gasteiger partial charge in [-0.3, -0.25) is 4.79 Å². The van der Waals surface area contributed by atoms with Crippen LogP contribution >= 0.6 is 11.8 Å². The summed E-state index contributed by atoms with van der Waals surface area (Å²) in [7, 11) is 0. The first kappa shape index (κ1) is 13.5. The van der Waals surface area contributed by atoms with Gasteiger partial charge in [0, 0.05) is 24.9 Å². The van der Waals surface area contributed by atoms with Gasteiger partial charge in [0.25, 0.3) is 0 Å². The lowest BCUT2D eigenvalue weighted by atomic mass is 9.98. The quantitative estimate of drug-likeness (QED) is 0.793. The first-order valence-corrected chi connectivity index (χ1v) is 7.59. The normalized spacial score (nSPS) is 32.3. The average Bonchev–Trinajstić information content (AvgIpc) is 2.75. The molecule has 0 spiro atoms. The fraction of sp³-hybridized carbons (Fsp3) is 0.833. The van der Waals surface area contributed by atoms with Crippen LogP contribution in [-0.4, -0.2) is 52.6 Å². The van der Waals surface area contributed by atoms with Crippen molar-refractivity contribution in [3.63, 3.8) is 0 Å². The molecule has 0 aliphatic carbocycles. The molecule has 3 atom stereocenters. The van der Waals surface area contributed by atoms with E-state index in [2.05, 4.69) is 12.2 Å². The summed E-state index contributed by atoms with van der Waals surface area (Å²) in [4.78, 5) is 24.7. The van der Waals surface area contributed by atoms with Gasteiger partial charge in [-0.15, -0.1) is 0 Å². The van der Waals surface area contributed by atoms with Crippen molar-refractivity contribution < 1.29 is 14.7 Å². The maximum Gasteiger partial charge on any atom is 0.317 e. The lowest BCUT2D eigenvalue weighted by Gasteiger charge is -2.32. The van der Waals surface area contributed by atoms with Crippen LogP contribution in [0.5, 0.6) is 0 Å². The second-order valence-electron chi connectivity index (χ2n) is 5.19. The van der Waals surface area contributed by atoms with Gasteiger partial charge < -0.3 is 15.3 Å². The number of rotatable bonds is 2. The van der Waals surface area contributed by atoms with E-state index in [4.69, 9.17) is 5.11 Å². The Morgan fingerprint density at radius 3 is 2.78 bits per heavy atom. The molecule has 5 nitrogen and oxygen atoms in total. The summed E-state index contributed by atoms with van der Waals surface area (Å²) in [5, 5.41) is 12.0. The van der Waals surface area contributed by atoms with Crippen molar-refractivity contribution in [3.8, 4) is 0 Å². The molecular weight excluding hydrogens is 252 g/mol. The molecule has 18 heavy (non-hydrogen) atoms. The molecule has 6 heteroatoms. The molecule has 2 aliphatic rings. The molecule has 3 unspecified atom stereocenters. The standard InChI is InChI=1S/C12H20N2O3S/c1-8-6-18-7-10(8)13-12(17)14-4-2-3-9(5-14)11(15)16/h8-10H,2-7H2,1H3,(H,13,17)(H,15,16). The number of thioether (sulfide) groups is 1. The number of nitrogens with one attached hydrogen (secondary N) is 1.